The average molecular weight is 353 g/mol. The Hall–Kier alpha value is -1.20. The monoisotopic (exact) mass is 352 g/mol. The van der Waals surface area contributed by atoms with E-state index in [-0.39, 0.29) is 22.9 Å². The van der Waals surface area contributed by atoms with Gasteiger partial charge in [-0.15, -0.1) is 0 Å². The zero-order chi connectivity index (χ0) is 18.4. The third-order valence-corrected chi connectivity index (χ3v) is 9.37. The Bertz CT molecular complexity index is 512. The molecule has 0 radical (unpaired) electrons. The van der Waals surface area contributed by atoms with Gasteiger partial charge in [-0.2, -0.15) is 0 Å². The van der Waals surface area contributed by atoms with Gasteiger partial charge in [0, 0.05) is 12.8 Å². The zero-order valence-electron chi connectivity index (χ0n) is 16.0. The molecule has 1 aliphatic carbocycles. The highest BCUT2D eigenvalue weighted by Crippen LogP contribution is 2.38. The fourth-order valence-corrected chi connectivity index (χ4v) is 3.56. The molecule has 0 aromatic heterocycles. The average Bonchev–Trinajstić information content (AvgIpc) is 2.80. The molecule has 1 rings (SSSR count). The molecular weight excluding hydrogens is 320 g/mol. The molecule has 136 valence electrons. The molecule has 0 bridgehead atoms. The van der Waals surface area contributed by atoms with Gasteiger partial charge >= 0.3 is 5.97 Å². The smallest absolute Gasteiger partial charge is 0.305 e. The van der Waals surface area contributed by atoms with Gasteiger partial charge < -0.3 is 9.16 Å². The Labute approximate surface area is 147 Å². The lowest BCUT2D eigenvalue weighted by molar-refractivity contribution is -0.140. The Kier molecular flexibility index (Phi) is 7.61. The molecule has 0 heterocycles. The van der Waals surface area contributed by atoms with E-state index in [4.69, 9.17) is 4.43 Å². The lowest BCUT2D eigenvalue weighted by Crippen LogP contribution is -2.43. The number of carbonyl (C=O) groups excluding carboxylic acids is 2. The summed E-state index contributed by atoms with van der Waals surface area (Å²) in [7, 11) is -0.450. The number of ketones is 1. The van der Waals surface area contributed by atoms with Gasteiger partial charge in [-0.05, 0) is 49.0 Å². The summed E-state index contributed by atoms with van der Waals surface area (Å²) in [4.78, 5) is 23.1. The maximum absolute atomic E-state index is 12.1. The van der Waals surface area contributed by atoms with Gasteiger partial charge in [-0.3, -0.25) is 9.59 Å². The first-order valence-corrected chi connectivity index (χ1v) is 11.6. The summed E-state index contributed by atoms with van der Waals surface area (Å²) >= 11 is 0. The molecule has 4 nitrogen and oxygen atoms in total. The van der Waals surface area contributed by atoms with Crippen molar-refractivity contribution in [1.82, 2.24) is 0 Å². The number of methoxy groups -OCH3 is 1. The molecule has 0 aromatic rings. The number of carbonyl (C=O) groups is 2. The van der Waals surface area contributed by atoms with E-state index < -0.39 is 8.32 Å². The second kappa shape index (κ2) is 8.76. The van der Waals surface area contributed by atoms with E-state index >= 15 is 0 Å². The van der Waals surface area contributed by atoms with Crippen LogP contribution in [-0.4, -0.2) is 33.3 Å². The Morgan fingerprint density at radius 3 is 2.58 bits per heavy atom. The third-order valence-electron chi connectivity index (χ3n) is 4.87. The lowest BCUT2D eigenvalue weighted by Gasteiger charge is -2.37. The first kappa shape index (κ1) is 20.8. The molecule has 0 saturated heterocycles. The lowest BCUT2D eigenvalue weighted by atomic mass is 10.1. The molecule has 1 atom stereocenters. The highest BCUT2D eigenvalue weighted by atomic mass is 28.4. The molecule has 0 amide bonds. The largest absolute Gasteiger partial charge is 0.469 e. The van der Waals surface area contributed by atoms with Crippen molar-refractivity contribution in [2.75, 3.05) is 7.11 Å². The number of allylic oxidation sites excluding steroid dienone is 3. The van der Waals surface area contributed by atoms with E-state index in [1.807, 2.05) is 18.2 Å². The minimum absolute atomic E-state index is 0.0684. The van der Waals surface area contributed by atoms with Crippen LogP contribution < -0.4 is 0 Å². The Morgan fingerprint density at radius 1 is 1.33 bits per heavy atom. The minimum atomic E-state index is -1.85. The number of unbranched alkanes of at least 4 members (excludes halogenated alkanes) is 1. The van der Waals surface area contributed by atoms with E-state index in [9.17, 15) is 9.59 Å². The van der Waals surface area contributed by atoms with E-state index in [0.717, 1.165) is 18.4 Å². The number of Topliss-reactive ketones (excluding diaryl/α,β-unsaturated/α-hetero) is 1. The second-order valence-corrected chi connectivity index (χ2v) is 12.6. The Morgan fingerprint density at radius 2 is 2.00 bits per heavy atom. The summed E-state index contributed by atoms with van der Waals surface area (Å²) in [5, 5.41) is 0.145. The van der Waals surface area contributed by atoms with Crippen molar-refractivity contribution in [2.24, 2.45) is 0 Å². The first-order chi connectivity index (χ1) is 11.1. The van der Waals surface area contributed by atoms with E-state index in [0.29, 0.717) is 19.3 Å². The first-order valence-electron chi connectivity index (χ1n) is 8.70. The summed E-state index contributed by atoms with van der Waals surface area (Å²) in [5.74, 6) is 0.0145. The molecule has 0 aromatic carbocycles. The molecule has 0 saturated carbocycles. The fraction of sp³-hybridized carbons (Fsp3) is 0.684. The van der Waals surface area contributed by atoms with Crippen LogP contribution in [0, 0.1) is 0 Å². The van der Waals surface area contributed by atoms with Crippen LogP contribution in [0.15, 0.2) is 23.8 Å². The van der Waals surface area contributed by atoms with Gasteiger partial charge in [0.1, 0.15) is 0 Å². The minimum Gasteiger partial charge on any atom is -0.469 e. The van der Waals surface area contributed by atoms with Crippen LogP contribution >= 0.6 is 0 Å². The van der Waals surface area contributed by atoms with E-state index in [2.05, 4.69) is 38.6 Å². The molecular formula is C19H32O4Si. The van der Waals surface area contributed by atoms with Crippen LogP contribution in [-0.2, 0) is 18.8 Å². The van der Waals surface area contributed by atoms with Crippen LogP contribution in [0.2, 0.25) is 18.1 Å². The van der Waals surface area contributed by atoms with Crippen molar-refractivity contribution in [3.63, 3.8) is 0 Å². The Balaban J connectivity index is 2.46. The topological polar surface area (TPSA) is 52.6 Å². The van der Waals surface area contributed by atoms with Crippen LogP contribution in [0.4, 0.5) is 0 Å². The van der Waals surface area contributed by atoms with Crippen LogP contribution in [0.3, 0.4) is 0 Å². The van der Waals surface area contributed by atoms with Gasteiger partial charge in [-0.1, -0.05) is 32.9 Å². The van der Waals surface area contributed by atoms with Crippen molar-refractivity contribution in [1.29, 1.82) is 0 Å². The number of esters is 1. The number of hydrogen-bond acceptors (Lipinski definition) is 4. The van der Waals surface area contributed by atoms with Crippen molar-refractivity contribution in [2.45, 2.75) is 77.1 Å². The van der Waals surface area contributed by atoms with Crippen LogP contribution in [0.1, 0.15) is 52.9 Å². The SMILES string of the molecule is COC(=O)CCC/C=C/CC1=CC(O[Si](C)(C)C(C)(C)C)CC1=O. The normalized spacial score (nSPS) is 19.0. The maximum atomic E-state index is 12.1. The summed E-state index contributed by atoms with van der Waals surface area (Å²) < 4.78 is 10.9. The fourth-order valence-electron chi connectivity index (χ4n) is 2.30. The second-order valence-electron chi connectivity index (χ2n) is 7.88. The molecule has 1 aliphatic rings. The van der Waals surface area contributed by atoms with Crippen LogP contribution in [0.25, 0.3) is 0 Å². The van der Waals surface area contributed by atoms with Gasteiger partial charge in [0.15, 0.2) is 14.1 Å². The molecule has 0 spiro atoms. The summed E-state index contributed by atoms with van der Waals surface area (Å²) in [5.41, 5.74) is 0.850. The standard InChI is InChI=1S/C19H32O4Si/c1-19(2,3)24(5,6)23-16-13-15(17(20)14-16)11-9-7-8-10-12-18(21)22-4/h7,9,13,16H,8,10-12,14H2,1-6H3/b9-7+. The van der Waals surface area contributed by atoms with E-state index in [1.54, 1.807) is 0 Å². The molecule has 0 fully saturated rings. The van der Waals surface area contributed by atoms with Crippen molar-refractivity contribution < 1.29 is 18.8 Å². The number of hydrogen-bond donors (Lipinski definition) is 0. The number of ether oxygens (including phenoxy) is 1. The highest BCUT2D eigenvalue weighted by Gasteiger charge is 2.40. The summed E-state index contributed by atoms with van der Waals surface area (Å²) in [6, 6.07) is 0. The quantitative estimate of drug-likeness (QED) is 0.278. The third kappa shape index (κ3) is 6.36. The zero-order valence-corrected chi connectivity index (χ0v) is 17.0. The predicted molar refractivity (Wildman–Crippen MR) is 99.4 cm³/mol. The maximum Gasteiger partial charge on any atom is 0.305 e. The van der Waals surface area contributed by atoms with Crippen molar-refractivity contribution in [3.05, 3.63) is 23.8 Å². The van der Waals surface area contributed by atoms with Crippen molar-refractivity contribution in [3.8, 4) is 0 Å². The molecule has 1 unspecified atom stereocenters. The van der Waals surface area contributed by atoms with E-state index in [1.165, 1.54) is 7.11 Å². The molecule has 24 heavy (non-hydrogen) atoms. The van der Waals surface area contributed by atoms with Gasteiger partial charge in [0.25, 0.3) is 0 Å². The molecule has 0 aliphatic heterocycles. The van der Waals surface area contributed by atoms with Gasteiger partial charge in [0.2, 0.25) is 0 Å². The number of rotatable bonds is 8. The molecule has 0 N–H and O–H groups in total. The van der Waals surface area contributed by atoms with Gasteiger partial charge in [0.05, 0.1) is 13.2 Å². The molecule has 5 heteroatoms. The van der Waals surface area contributed by atoms with Crippen LogP contribution in [0.5, 0.6) is 0 Å². The highest BCUT2D eigenvalue weighted by molar-refractivity contribution is 6.74. The van der Waals surface area contributed by atoms with Gasteiger partial charge in [-0.25, -0.2) is 0 Å². The predicted octanol–water partition coefficient (Wildman–Crippen LogP) is 4.57. The summed E-state index contributed by atoms with van der Waals surface area (Å²) in [6.07, 6.45) is 9.11. The summed E-state index contributed by atoms with van der Waals surface area (Å²) in [6.45, 7) is 11.0. The van der Waals surface area contributed by atoms with Crippen molar-refractivity contribution >= 4 is 20.1 Å².